The number of para-hydroxylation sites is 1. The summed E-state index contributed by atoms with van der Waals surface area (Å²) in [5, 5.41) is 2.73. The molecule has 0 saturated carbocycles. The average Bonchev–Trinajstić information content (AvgIpc) is 3.06. The van der Waals surface area contributed by atoms with Gasteiger partial charge in [0.1, 0.15) is 8.07 Å². The Balaban J connectivity index is 2.21. The van der Waals surface area contributed by atoms with Crippen molar-refractivity contribution in [3.8, 4) is 22.7 Å². The van der Waals surface area contributed by atoms with Gasteiger partial charge in [-0.2, -0.15) is 0 Å². The van der Waals surface area contributed by atoms with Crippen LogP contribution in [0.15, 0.2) is 48.5 Å². The Morgan fingerprint density at radius 2 is 1.29 bits per heavy atom. The molecule has 0 spiro atoms. The highest BCUT2D eigenvalue weighted by molar-refractivity contribution is 6.90. The van der Waals surface area contributed by atoms with Crippen LogP contribution in [-0.2, 0) is 0 Å². The third kappa shape index (κ3) is 4.47. The van der Waals surface area contributed by atoms with Gasteiger partial charge in [-0.25, -0.2) is 0 Å². The molecule has 0 aliphatic carbocycles. The maximum Gasteiger partial charge on any atom is 0.146 e. The van der Waals surface area contributed by atoms with Crippen LogP contribution in [0.1, 0.15) is 47.1 Å². The van der Waals surface area contributed by atoms with E-state index in [1.54, 1.807) is 0 Å². The van der Waals surface area contributed by atoms with Gasteiger partial charge in [-0.15, -0.1) is 5.54 Å². The molecule has 1 heterocycles. The van der Waals surface area contributed by atoms with Gasteiger partial charge in [0, 0.05) is 10.9 Å². The molecule has 1 nitrogen and oxygen atoms in total. The molecule has 31 heavy (non-hydrogen) atoms. The Kier molecular flexibility index (Phi) is 6.74. The topological polar surface area (TPSA) is 15.8 Å². The summed E-state index contributed by atoms with van der Waals surface area (Å²) in [6.45, 7) is 21.5. The number of fused-ring (bicyclic) bond motifs is 1. The number of hydrogen-bond acceptors (Lipinski definition) is 0. The summed E-state index contributed by atoms with van der Waals surface area (Å²) in [6.07, 6.45) is 0. The summed E-state index contributed by atoms with van der Waals surface area (Å²) >= 11 is 0. The van der Waals surface area contributed by atoms with Gasteiger partial charge in [-0.1, -0.05) is 115 Å². The molecular formula is C28H39NSi2. The lowest BCUT2D eigenvalue weighted by Crippen LogP contribution is -2.43. The fourth-order valence-electron chi connectivity index (χ4n) is 5.23. The highest BCUT2D eigenvalue weighted by Gasteiger charge is 2.41. The summed E-state index contributed by atoms with van der Waals surface area (Å²) in [6, 6.07) is 17.8. The molecule has 0 radical (unpaired) electrons. The number of nitrogens with one attached hydrogen (secondary N) is 1. The molecule has 164 valence electrons. The van der Waals surface area contributed by atoms with Crippen LogP contribution in [0, 0.1) is 11.5 Å². The van der Waals surface area contributed by atoms with Crippen molar-refractivity contribution >= 4 is 32.2 Å². The van der Waals surface area contributed by atoms with Crippen LogP contribution >= 0.6 is 0 Å². The van der Waals surface area contributed by atoms with Gasteiger partial charge in [0.2, 0.25) is 0 Å². The van der Waals surface area contributed by atoms with Crippen molar-refractivity contribution in [2.45, 2.75) is 77.8 Å². The van der Waals surface area contributed by atoms with Crippen molar-refractivity contribution in [1.29, 1.82) is 0 Å². The van der Waals surface area contributed by atoms with Crippen molar-refractivity contribution in [2.24, 2.45) is 0 Å². The van der Waals surface area contributed by atoms with Crippen LogP contribution in [0.3, 0.4) is 0 Å². The first-order valence-corrected chi connectivity index (χ1v) is 17.5. The van der Waals surface area contributed by atoms with Gasteiger partial charge in [0.25, 0.3) is 0 Å². The molecule has 1 N–H and O–H groups in total. The van der Waals surface area contributed by atoms with Crippen LogP contribution in [0.2, 0.25) is 36.3 Å². The van der Waals surface area contributed by atoms with Crippen molar-refractivity contribution in [3.05, 3.63) is 54.1 Å². The SMILES string of the molecule is CC(C)[Si](C#Cc1c(-c2ccc([Si](C)(C)C)cc2)[nH]c2ccccc12)(C(C)C)C(C)C. The van der Waals surface area contributed by atoms with Gasteiger partial charge in [0.15, 0.2) is 0 Å². The zero-order valence-corrected chi connectivity index (χ0v) is 22.9. The monoisotopic (exact) mass is 445 g/mol. The quantitative estimate of drug-likeness (QED) is 0.303. The van der Waals surface area contributed by atoms with E-state index < -0.39 is 16.1 Å². The lowest BCUT2D eigenvalue weighted by molar-refractivity contribution is 0.838. The van der Waals surface area contributed by atoms with E-state index in [2.05, 4.69) is 126 Å². The first-order chi connectivity index (χ1) is 14.5. The molecule has 0 atom stereocenters. The van der Waals surface area contributed by atoms with Crippen LogP contribution in [-0.4, -0.2) is 21.1 Å². The number of H-pyrrole nitrogens is 1. The lowest BCUT2D eigenvalue weighted by atomic mass is 10.1. The van der Waals surface area contributed by atoms with Crippen LogP contribution in [0.4, 0.5) is 0 Å². The Labute approximate surface area is 191 Å². The van der Waals surface area contributed by atoms with Gasteiger partial charge in [-0.3, -0.25) is 0 Å². The molecular weight excluding hydrogens is 406 g/mol. The van der Waals surface area contributed by atoms with Crippen molar-refractivity contribution in [1.82, 2.24) is 4.98 Å². The zero-order chi connectivity index (χ0) is 23.0. The van der Waals surface area contributed by atoms with Crippen LogP contribution in [0.5, 0.6) is 0 Å². The number of benzene rings is 2. The minimum absolute atomic E-state index is 0.629. The van der Waals surface area contributed by atoms with E-state index in [9.17, 15) is 0 Å². The third-order valence-corrected chi connectivity index (χ3v) is 15.4. The van der Waals surface area contributed by atoms with Crippen LogP contribution < -0.4 is 5.19 Å². The summed E-state index contributed by atoms with van der Waals surface area (Å²) in [5.74, 6) is 3.75. The normalized spacial score (nSPS) is 12.6. The van der Waals surface area contributed by atoms with E-state index in [1.165, 1.54) is 21.7 Å². The summed E-state index contributed by atoms with van der Waals surface area (Å²) < 4.78 is 0. The predicted molar refractivity (Wildman–Crippen MR) is 145 cm³/mol. The minimum atomic E-state index is -1.80. The molecule has 0 amide bonds. The van der Waals surface area contributed by atoms with E-state index in [0.717, 1.165) is 11.3 Å². The zero-order valence-electron chi connectivity index (χ0n) is 20.9. The maximum atomic E-state index is 3.95. The molecule has 0 aliphatic rings. The minimum Gasteiger partial charge on any atom is -0.353 e. The van der Waals surface area contributed by atoms with Crippen molar-refractivity contribution in [3.63, 3.8) is 0 Å². The predicted octanol–water partition coefficient (Wildman–Crippen LogP) is 7.95. The molecule has 0 fully saturated rings. The molecule has 1 aromatic heterocycles. The van der Waals surface area contributed by atoms with E-state index >= 15 is 0 Å². The molecule has 0 unspecified atom stereocenters. The first kappa shape index (κ1) is 23.6. The second-order valence-corrected chi connectivity index (χ2v) is 21.6. The Morgan fingerprint density at radius 1 is 0.742 bits per heavy atom. The largest absolute Gasteiger partial charge is 0.353 e. The summed E-state index contributed by atoms with van der Waals surface area (Å²) in [4.78, 5) is 3.69. The van der Waals surface area contributed by atoms with Crippen molar-refractivity contribution in [2.75, 3.05) is 0 Å². The molecule has 3 heteroatoms. The average molecular weight is 446 g/mol. The van der Waals surface area contributed by atoms with E-state index in [1.807, 2.05) is 0 Å². The Bertz CT molecular complexity index is 1080. The highest BCUT2D eigenvalue weighted by atomic mass is 28.3. The summed E-state index contributed by atoms with van der Waals surface area (Å²) in [5.41, 5.74) is 10.6. The number of aromatic amines is 1. The highest BCUT2D eigenvalue weighted by Crippen LogP contribution is 2.41. The fraction of sp³-hybridized carbons (Fsp3) is 0.429. The smallest absolute Gasteiger partial charge is 0.146 e. The molecule has 0 aliphatic heterocycles. The van der Waals surface area contributed by atoms with E-state index in [-0.39, 0.29) is 0 Å². The first-order valence-electron chi connectivity index (χ1n) is 11.7. The standard InChI is InChI=1S/C28H39NSi2/c1-20(2)31(21(3)4,22(5)6)19-18-26-25-12-10-11-13-27(25)29-28(26)23-14-16-24(17-15-23)30(7,8)9/h10-17,20-22,29H,1-9H3. The maximum absolute atomic E-state index is 3.95. The Hall–Kier alpha value is -2.03. The van der Waals surface area contributed by atoms with Gasteiger partial charge >= 0.3 is 0 Å². The number of aromatic nitrogens is 1. The van der Waals surface area contributed by atoms with Gasteiger partial charge in [0.05, 0.1) is 19.3 Å². The summed E-state index contributed by atoms with van der Waals surface area (Å²) in [7, 11) is -3.11. The van der Waals surface area contributed by atoms with Gasteiger partial charge in [-0.05, 0) is 28.3 Å². The number of rotatable bonds is 5. The fourth-order valence-corrected chi connectivity index (χ4v) is 11.6. The molecule has 2 aromatic carbocycles. The third-order valence-electron chi connectivity index (χ3n) is 7.02. The van der Waals surface area contributed by atoms with E-state index in [0.29, 0.717) is 16.6 Å². The lowest BCUT2D eigenvalue weighted by Gasteiger charge is -2.38. The van der Waals surface area contributed by atoms with E-state index in [4.69, 9.17) is 0 Å². The second kappa shape index (κ2) is 8.84. The van der Waals surface area contributed by atoms with Crippen molar-refractivity contribution < 1.29 is 0 Å². The molecule has 0 bridgehead atoms. The molecule has 0 saturated heterocycles. The molecule has 3 rings (SSSR count). The number of hydrogen-bond donors (Lipinski definition) is 1. The van der Waals surface area contributed by atoms with Crippen LogP contribution in [0.25, 0.3) is 22.2 Å². The second-order valence-electron chi connectivity index (χ2n) is 10.9. The Morgan fingerprint density at radius 3 is 1.81 bits per heavy atom. The molecule has 3 aromatic rings. The van der Waals surface area contributed by atoms with Gasteiger partial charge < -0.3 is 4.98 Å².